The molecule has 2 unspecified atom stereocenters. The van der Waals surface area contributed by atoms with Crippen LogP contribution in [0.2, 0.25) is 0 Å². The summed E-state index contributed by atoms with van der Waals surface area (Å²) < 4.78 is 20.1. The molecule has 1 fully saturated rings. The number of carbonyl (C=O) groups is 1. The minimum Gasteiger partial charge on any atom is -0.468 e. The van der Waals surface area contributed by atoms with Gasteiger partial charge in [0.25, 0.3) is 0 Å². The maximum absolute atomic E-state index is 14.0. The van der Waals surface area contributed by atoms with Crippen LogP contribution < -0.4 is 10.1 Å². The Morgan fingerprint density at radius 1 is 1.26 bits per heavy atom. The molecular formula is C18H17FN2O2. The van der Waals surface area contributed by atoms with Gasteiger partial charge < -0.3 is 10.1 Å². The Bertz CT molecular complexity index is 779. The van der Waals surface area contributed by atoms with E-state index < -0.39 is 5.72 Å². The molecule has 2 bridgehead atoms. The molecule has 23 heavy (non-hydrogen) atoms. The molecule has 0 aromatic heterocycles. The van der Waals surface area contributed by atoms with Gasteiger partial charge in [-0.15, -0.1) is 0 Å². The number of halogens is 1. The van der Waals surface area contributed by atoms with Gasteiger partial charge in [0.05, 0.1) is 12.6 Å². The van der Waals surface area contributed by atoms with Crippen molar-refractivity contribution in [1.29, 1.82) is 0 Å². The fraction of sp³-hybridized carbons (Fsp3) is 0.278. The van der Waals surface area contributed by atoms with Crippen molar-refractivity contribution in [2.75, 3.05) is 0 Å². The zero-order valence-corrected chi connectivity index (χ0v) is 12.8. The fourth-order valence-corrected chi connectivity index (χ4v) is 3.40. The number of carbonyl (C=O) groups excluding carboxylic acids is 1. The van der Waals surface area contributed by atoms with Crippen LogP contribution in [0, 0.1) is 5.82 Å². The Hall–Kier alpha value is -2.56. The Morgan fingerprint density at radius 2 is 2.00 bits per heavy atom. The van der Waals surface area contributed by atoms with Gasteiger partial charge in [-0.25, -0.2) is 9.18 Å². The van der Waals surface area contributed by atoms with Crippen LogP contribution in [0.1, 0.15) is 30.5 Å². The third kappa shape index (κ3) is 2.23. The van der Waals surface area contributed by atoms with E-state index in [2.05, 4.69) is 5.32 Å². The average molecular weight is 312 g/mol. The van der Waals surface area contributed by atoms with Crippen LogP contribution in [0.15, 0.2) is 48.5 Å². The summed E-state index contributed by atoms with van der Waals surface area (Å²) in [6.07, 6.45) is 0.629. The van der Waals surface area contributed by atoms with Crippen molar-refractivity contribution in [3.63, 3.8) is 0 Å². The molecule has 5 heteroatoms. The highest BCUT2D eigenvalue weighted by Crippen LogP contribution is 2.44. The predicted octanol–water partition coefficient (Wildman–Crippen LogP) is 3.59. The van der Waals surface area contributed by atoms with E-state index in [1.807, 2.05) is 31.2 Å². The van der Waals surface area contributed by atoms with Crippen LogP contribution in [0.4, 0.5) is 9.18 Å². The summed E-state index contributed by atoms with van der Waals surface area (Å²) in [5, 5.41) is 3.00. The van der Waals surface area contributed by atoms with Crippen molar-refractivity contribution in [2.24, 2.45) is 0 Å². The van der Waals surface area contributed by atoms with E-state index >= 15 is 0 Å². The van der Waals surface area contributed by atoms with E-state index in [0.29, 0.717) is 12.0 Å². The first-order chi connectivity index (χ1) is 11.1. The Morgan fingerprint density at radius 3 is 2.83 bits per heavy atom. The molecule has 0 spiro atoms. The van der Waals surface area contributed by atoms with Crippen LogP contribution in [-0.2, 0) is 6.54 Å². The van der Waals surface area contributed by atoms with Crippen LogP contribution >= 0.6 is 0 Å². The van der Waals surface area contributed by atoms with Gasteiger partial charge in [-0.1, -0.05) is 36.4 Å². The number of urea groups is 1. The number of rotatable bonds is 2. The van der Waals surface area contributed by atoms with Crippen molar-refractivity contribution in [3.8, 4) is 5.75 Å². The number of hydrogen-bond acceptors (Lipinski definition) is 2. The smallest absolute Gasteiger partial charge is 0.321 e. The second-order valence-electron chi connectivity index (χ2n) is 6.20. The summed E-state index contributed by atoms with van der Waals surface area (Å²) in [4.78, 5) is 14.1. The summed E-state index contributed by atoms with van der Waals surface area (Å²) in [5.74, 6) is 0.451. The lowest BCUT2D eigenvalue weighted by molar-refractivity contribution is -0.0882. The molecule has 1 N–H and O–H groups in total. The molecule has 2 aromatic carbocycles. The van der Waals surface area contributed by atoms with Crippen molar-refractivity contribution in [3.05, 3.63) is 65.5 Å². The zero-order chi connectivity index (χ0) is 16.0. The number of hydrogen-bond donors (Lipinski definition) is 1. The topological polar surface area (TPSA) is 41.6 Å². The van der Waals surface area contributed by atoms with Gasteiger partial charge in [-0.2, -0.15) is 0 Å². The molecule has 0 radical (unpaired) electrons. The molecular weight excluding hydrogens is 295 g/mol. The molecule has 118 valence electrons. The highest BCUT2D eigenvalue weighted by atomic mass is 19.1. The Balaban J connectivity index is 1.70. The van der Waals surface area contributed by atoms with Gasteiger partial charge in [0.2, 0.25) is 0 Å². The van der Waals surface area contributed by atoms with E-state index in [-0.39, 0.29) is 24.4 Å². The number of nitrogens with zero attached hydrogens (tertiary/aromatic N) is 1. The zero-order valence-electron chi connectivity index (χ0n) is 12.8. The molecule has 2 amide bonds. The van der Waals surface area contributed by atoms with E-state index in [1.165, 1.54) is 6.07 Å². The first-order valence-corrected chi connectivity index (χ1v) is 7.66. The summed E-state index contributed by atoms with van der Waals surface area (Å²) in [7, 11) is 0. The maximum Gasteiger partial charge on any atom is 0.321 e. The number of amides is 2. The number of para-hydroxylation sites is 1. The van der Waals surface area contributed by atoms with E-state index in [1.54, 1.807) is 23.1 Å². The highest BCUT2D eigenvalue weighted by molar-refractivity contribution is 5.77. The first-order valence-electron chi connectivity index (χ1n) is 7.66. The average Bonchev–Trinajstić information content (AvgIpc) is 2.52. The highest BCUT2D eigenvalue weighted by Gasteiger charge is 2.49. The van der Waals surface area contributed by atoms with Crippen LogP contribution in [0.5, 0.6) is 5.75 Å². The minimum atomic E-state index is -0.788. The molecule has 2 heterocycles. The third-order valence-corrected chi connectivity index (χ3v) is 4.61. The van der Waals surface area contributed by atoms with Crippen molar-refractivity contribution in [2.45, 2.75) is 31.7 Å². The summed E-state index contributed by atoms with van der Waals surface area (Å²) in [5.41, 5.74) is 0.678. The SMILES string of the molecule is CC12CC(NC(=O)N1Cc1ccccc1F)c1ccccc1O2. The third-order valence-electron chi connectivity index (χ3n) is 4.61. The molecule has 2 atom stereocenters. The normalized spacial score (nSPS) is 25.4. The largest absolute Gasteiger partial charge is 0.468 e. The van der Waals surface area contributed by atoms with E-state index in [4.69, 9.17) is 4.74 Å². The second-order valence-corrected chi connectivity index (χ2v) is 6.20. The monoisotopic (exact) mass is 312 g/mol. The summed E-state index contributed by atoms with van der Waals surface area (Å²) in [6, 6.07) is 13.9. The van der Waals surface area contributed by atoms with Crippen LogP contribution in [0.3, 0.4) is 0 Å². The molecule has 4 rings (SSSR count). The lowest BCUT2D eigenvalue weighted by Gasteiger charge is -2.50. The second kappa shape index (κ2) is 4.98. The number of benzene rings is 2. The van der Waals surface area contributed by atoms with Crippen molar-refractivity contribution >= 4 is 6.03 Å². The van der Waals surface area contributed by atoms with Gasteiger partial charge in [0.15, 0.2) is 5.72 Å². The predicted molar refractivity (Wildman–Crippen MR) is 83.3 cm³/mol. The molecule has 2 aliphatic rings. The lowest BCUT2D eigenvalue weighted by atomic mass is 9.90. The number of ether oxygens (including phenoxy) is 1. The van der Waals surface area contributed by atoms with Crippen LogP contribution in [0.25, 0.3) is 0 Å². The van der Waals surface area contributed by atoms with E-state index in [0.717, 1.165) is 11.3 Å². The Kier molecular flexibility index (Phi) is 3.04. The molecule has 2 aromatic rings. The van der Waals surface area contributed by atoms with Crippen molar-refractivity contribution < 1.29 is 13.9 Å². The summed E-state index contributed by atoms with van der Waals surface area (Å²) >= 11 is 0. The molecule has 4 nitrogen and oxygen atoms in total. The van der Waals surface area contributed by atoms with Crippen molar-refractivity contribution in [1.82, 2.24) is 10.2 Å². The van der Waals surface area contributed by atoms with Gasteiger partial charge in [0.1, 0.15) is 11.6 Å². The fourth-order valence-electron chi connectivity index (χ4n) is 3.40. The number of fused-ring (bicyclic) bond motifs is 4. The molecule has 0 aliphatic carbocycles. The molecule has 2 aliphatic heterocycles. The standard InChI is InChI=1S/C18H17FN2O2/c1-18-10-15(13-7-3-5-9-16(13)23-18)20-17(22)21(18)11-12-6-2-4-8-14(12)19/h2-9,15H,10-11H2,1H3,(H,20,22). The lowest BCUT2D eigenvalue weighted by Crippen LogP contribution is -2.64. The molecule has 1 saturated heterocycles. The van der Waals surface area contributed by atoms with Gasteiger partial charge >= 0.3 is 6.03 Å². The minimum absolute atomic E-state index is 0.0747. The van der Waals surface area contributed by atoms with Gasteiger partial charge in [-0.05, 0) is 19.1 Å². The maximum atomic E-state index is 14.0. The van der Waals surface area contributed by atoms with Crippen LogP contribution in [-0.4, -0.2) is 16.7 Å². The Labute approximate surface area is 133 Å². The van der Waals surface area contributed by atoms with E-state index in [9.17, 15) is 9.18 Å². The first kappa shape index (κ1) is 14.1. The summed E-state index contributed by atoms with van der Waals surface area (Å²) in [6.45, 7) is 2.05. The van der Waals surface area contributed by atoms with Gasteiger partial charge in [-0.3, -0.25) is 4.90 Å². The van der Waals surface area contributed by atoms with Gasteiger partial charge in [0, 0.05) is 17.5 Å². The number of nitrogens with one attached hydrogen (secondary N) is 1. The quantitative estimate of drug-likeness (QED) is 0.920. The molecule has 0 saturated carbocycles.